The van der Waals surface area contributed by atoms with Gasteiger partial charge in [-0.1, -0.05) is 161 Å². The number of unbranched alkanes of at least 4 members (excludes halogenated alkanes) is 21. The van der Waals surface area contributed by atoms with Crippen LogP contribution in [0.4, 0.5) is 11.4 Å². The largest absolute Gasteiger partial charge is 0.252 e. The van der Waals surface area contributed by atoms with Crippen LogP contribution in [-0.4, -0.2) is 11.4 Å². The van der Waals surface area contributed by atoms with E-state index in [1.807, 2.05) is 0 Å². The van der Waals surface area contributed by atoms with Gasteiger partial charge in [0.25, 0.3) is 0 Å². The van der Waals surface area contributed by atoms with E-state index < -0.39 is 0 Å². The first-order valence-corrected chi connectivity index (χ1v) is 20.2. The van der Waals surface area contributed by atoms with Crippen molar-refractivity contribution in [2.45, 2.75) is 202 Å². The highest BCUT2D eigenvalue weighted by Crippen LogP contribution is 2.23. The summed E-state index contributed by atoms with van der Waals surface area (Å²) in [6.07, 6.45) is 33.9. The summed E-state index contributed by atoms with van der Waals surface area (Å²) in [5.74, 6) is 0. The highest BCUT2D eigenvalue weighted by molar-refractivity contribution is 6.43. The second-order valence-electron chi connectivity index (χ2n) is 14.7. The molecule has 2 heteroatoms. The van der Waals surface area contributed by atoms with Crippen molar-refractivity contribution in [2.24, 2.45) is 9.98 Å². The third kappa shape index (κ3) is 20.7. The number of benzene rings is 2. The highest BCUT2D eigenvalue weighted by Gasteiger charge is 2.12. The first-order valence-electron chi connectivity index (χ1n) is 20.2. The number of aliphatic imine (C=N–C) groups is 2. The third-order valence-corrected chi connectivity index (χ3v) is 9.56. The maximum atomic E-state index is 5.31. The summed E-state index contributed by atoms with van der Waals surface area (Å²) in [5, 5.41) is 0. The van der Waals surface area contributed by atoms with Gasteiger partial charge in [-0.15, -0.1) is 0 Å². The zero-order chi connectivity index (χ0) is 34.0. The Morgan fingerprint density at radius 2 is 0.574 bits per heavy atom. The van der Waals surface area contributed by atoms with Crippen LogP contribution in [0, 0.1) is 27.7 Å². The van der Waals surface area contributed by atoms with Crippen molar-refractivity contribution in [1.82, 2.24) is 0 Å². The van der Waals surface area contributed by atoms with Crippen LogP contribution in [-0.2, 0) is 0 Å². The molecule has 2 rings (SSSR count). The molecule has 47 heavy (non-hydrogen) atoms. The molecule has 2 nitrogen and oxygen atoms in total. The fraction of sp³-hybridized carbons (Fsp3) is 0.689. The molecule has 0 spiro atoms. The summed E-state index contributed by atoms with van der Waals surface area (Å²) >= 11 is 0. The van der Waals surface area contributed by atoms with Crippen molar-refractivity contribution in [3.05, 3.63) is 58.7 Å². The number of nitrogens with zero attached hydrogens (tertiary/aromatic N) is 2. The van der Waals surface area contributed by atoms with Gasteiger partial charge < -0.3 is 0 Å². The minimum atomic E-state index is 1.00. The molecule has 0 saturated heterocycles. The van der Waals surface area contributed by atoms with Crippen LogP contribution >= 0.6 is 0 Å². The van der Waals surface area contributed by atoms with E-state index >= 15 is 0 Å². The van der Waals surface area contributed by atoms with Crippen molar-refractivity contribution >= 4 is 22.8 Å². The topological polar surface area (TPSA) is 24.7 Å². The fourth-order valence-electron chi connectivity index (χ4n) is 6.96. The number of rotatable bonds is 28. The molecule has 264 valence electrons. The molecule has 0 unspecified atom stereocenters. The minimum Gasteiger partial charge on any atom is -0.252 e. The summed E-state index contributed by atoms with van der Waals surface area (Å²) in [7, 11) is 0. The molecule has 0 aliphatic heterocycles. The van der Waals surface area contributed by atoms with Crippen molar-refractivity contribution in [3.8, 4) is 0 Å². The molecule has 0 aliphatic carbocycles. The third-order valence-electron chi connectivity index (χ3n) is 9.56. The Labute approximate surface area is 292 Å². The lowest BCUT2D eigenvalue weighted by Crippen LogP contribution is -2.14. The summed E-state index contributed by atoms with van der Waals surface area (Å²) in [6.45, 7) is 13.3. The summed E-state index contributed by atoms with van der Waals surface area (Å²) in [5.41, 5.74) is 9.66. The Hall–Kier alpha value is -2.22. The van der Waals surface area contributed by atoms with E-state index in [9.17, 15) is 0 Å². The van der Waals surface area contributed by atoms with Crippen molar-refractivity contribution in [1.29, 1.82) is 0 Å². The Morgan fingerprint density at radius 3 is 0.872 bits per heavy atom. The Morgan fingerprint density at radius 1 is 0.340 bits per heavy atom. The van der Waals surface area contributed by atoms with E-state index in [-0.39, 0.29) is 0 Å². The lowest BCUT2D eigenvalue weighted by Gasteiger charge is -2.13. The maximum absolute atomic E-state index is 5.31. The van der Waals surface area contributed by atoms with E-state index in [0.717, 1.165) is 24.2 Å². The van der Waals surface area contributed by atoms with E-state index in [1.54, 1.807) is 0 Å². The quantitative estimate of drug-likeness (QED) is 0.0652. The minimum absolute atomic E-state index is 1.00. The molecule has 0 atom stereocenters. The van der Waals surface area contributed by atoms with Gasteiger partial charge >= 0.3 is 0 Å². The van der Waals surface area contributed by atoms with Gasteiger partial charge in [-0.3, -0.25) is 9.98 Å². The first-order chi connectivity index (χ1) is 22.9. The SMILES string of the molecule is CCCCCCCCCCCCCCCCCCCCCCC(=N\c1cc(C)cc(C)c1)/C(CCCCC)=N/c1cc(C)cc(C)c1. The highest BCUT2D eigenvalue weighted by atomic mass is 14.8. The number of hydrogen-bond acceptors (Lipinski definition) is 2. The van der Waals surface area contributed by atoms with E-state index in [2.05, 4.69) is 77.9 Å². The van der Waals surface area contributed by atoms with Crippen LogP contribution in [0.25, 0.3) is 0 Å². The van der Waals surface area contributed by atoms with Crippen LogP contribution in [0.5, 0.6) is 0 Å². The molecular weight excluding hydrogens is 569 g/mol. The van der Waals surface area contributed by atoms with Crippen molar-refractivity contribution in [2.75, 3.05) is 0 Å². The number of aryl methyl sites for hydroxylation is 4. The van der Waals surface area contributed by atoms with Gasteiger partial charge in [-0.2, -0.15) is 0 Å². The smallest absolute Gasteiger partial charge is 0.0639 e. The lowest BCUT2D eigenvalue weighted by atomic mass is 10.00. The maximum Gasteiger partial charge on any atom is 0.0639 e. The fourth-order valence-corrected chi connectivity index (χ4v) is 6.96. The monoisotopic (exact) mass is 643 g/mol. The van der Waals surface area contributed by atoms with Gasteiger partial charge in [-0.25, -0.2) is 0 Å². The molecule has 0 fully saturated rings. The molecular formula is C45H74N2. The van der Waals surface area contributed by atoms with Crippen LogP contribution in [0.2, 0.25) is 0 Å². The van der Waals surface area contributed by atoms with Crippen molar-refractivity contribution in [3.63, 3.8) is 0 Å². The summed E-state index contributed by atoms with van der Waals surface area (Å²) in [6, 6.07) is 13.4. The van der Waals surface area contributed by atoms with Gasteiger partial charge in [0.1, 0.15) is 0 Å². The van der Waals surface area contributed by atoms with Crippen LogP contribution in [0.3, 0.4) is 0 Å². The van der Waals surface area contributed by atoms with E-state index in [0.29, 0.717) is 0 Å². The van der Waals surface area contributed by atoms with Gasteiger partial charge in [0.05, 0.1) is 22.8 Å². The Bertz CT molecular complexity index is 1100. The molecule has 0 saturated carbocycles. The number of hydrogen-bond donors (Lipinski definition) is 0. The first kappa shape index (κ1) is 41.0. The van der Waals surface area contributed by atoms with E-state index in [4.69, 9.17) is 9.98 Å². The molecule has 0 N–H and O–H groups in total. The molecule has 0 amide bonds. The molecule has 2 aromatic rings. The van der Waals surface area contributed by atoms with Crippen LogP contribution in [0.1, 0.15) is 197 Å². The Kier molecular flexibility index (Phi) is 23.3. The van der Waals surface area contributed by atoms with Crippen molar-refractivity contribution < 1.29 is 0 Å². The second kappa shape index (κ2) is 26.7. The van der Waals surface area contributed by atoms with Gasteiger partial charge in [0, 0.05) is 0 Å². The van der Waals surface area contributed by atoms with Gasteiger partial charge in [-0.05, 0) is 99.9 Å². The Balaban J connectivity index is 1.76. The van der Waals surface area contributed by atoms with E-state index in [1.165, 1.54) is 181 Å². The second-order valence-corrected chi connectivity index (χ2v) is 14.7. The zero-order valence-electron chi connectivity index (χ0n) is 32.0. The molecule has 0 radical (unpaired) electrons. The van der Waals surface area contributed by atoms with Crippen LogP contribution in [0.15, 0.2) is 46.4 Å². The summed E-state index contributed by atoms with van der Waals surface area (Å²) in [4.78, 5) is 10.6. The molecule has 0 bridgehead atoms. The molecule has 0 aromatic heterocycles. The average Bonchev–Trinajstić information content (AvgIpc) is 3.02. The molecule has 0 aliphatic rings. The average molecular weight is 643 g/mol. The molecule has 0 heterocycles. The van der Waals surface area contributed by atoms with Gasteiger partial charge in [0.15, 0.2) is 0 Å². The standard InChI is InChI=1S/C45H74N2/c1-7-9-11-12-13-14-15-16-17-18-19-20-21-22-23-24-25-26-27-29-31-45(47-43-36-40(5)33-41(6)37-43)44(30-28-10-8-2)46-42-34-38(3)32-39(4)35-42/h32-37H,7-31H2,1-6H3/b46-44+,47-45+. The molecule has 2 aromatic carbocycles. The lowest BCUT2D eigenvalue weighted by molar-refractivity contribution is 0.522. The van der Waals surface area contributed by atoms with Gasteiger partial charge in [0.2, 0.25) is 0 Å². The summed E-state index contributed by atoms with van der Waals surface area (Å²) < 4.78 is 0. The van der Waals surface area contributed by atoms with Crippen LogP contribution < -0.4 is 0 Å². The zero-order valence-corrected chi connectivity index (χ0v) is 32.0. The predicted octanol–water partition coefficient (Wildman–Crippen LogP) is 15.6. The predicted molar refractivity (Wildman–Crippen MR) is 213 cm³/mol. The normalized spacial score (nSPS) is 12.3.